The molecule has 0 aliphatic rings. The number of carbonyl (C=O) groups excluding carboxylic acids is 1. The molecule has 0 heterocycles. The molecule has 0 bridgehead atoms. The van der Waals surface area contributed by atoms with Crippen molar-refractivity contribution in [2.24, 2.45) is 5.73 Å². The molecule has 147 valence electrons. The van der Waals surface area contributed by atoms with Gasteiger partial charge in [-0.2, -0.15) is 0 Å². The molecule has 2 N–H and O–H groups in total. The summed E-state index contributed by atoms with van der Waals surface area (Å²) in [7, 11) is 0. The molecule has 24 heavy (non-hydrogen) atoms. The van der Waals surface area contributed by atoms with Crippen molar-refractivity contribution in [3.05, 3.63) is 12.2 Å². The molecule has 0 fully saturated rings. The molecular weight excluding hydrogens is 385 g/mol. The third-order valence-electron chi connectivity index (χ3n) is 3.72. The molecule has 0 spiro atoms. The van der Waals surface area contributed by atoms with Gasteiger partial charge in [-0.3, -0.25) is 0 Å². The van der Waals surface area contributed by atoms with Crippen LogP contribution in [-0.2, 0) is 24.3 Å². The Morgan fingerprint density at radius 2 is 1.04 bits per heavy atom. The van der Waals surface area contributed by atoms with Crippen LogP contribution in [0.5, 0.6) is 0 Å². The Labute approximate surface area is 165 Å². The number of allylic oxidation sites excluding steroid dienone is 2. The van der Waals surface area contributed by atoms with Crippen molar-refractivity contribution in [2.75, 3.05) is 6.54 Å². The summed E-state index contributed by atoms with van der Waals surface area (Å²) in [6, 6.07) is 0. The van der Waals surface area contributed by atoms with Gasteiger partial charge in [-0.05, 0) is 52.5 Å². The van der Waals surface area contributed by atoms with Crippen LogP contribution in [0.3, 0.4) is 0 Å². The van der Waals surface area contributed by atoms with E-state index in [9.17, 15) is 4.79 Å². The second kappa shape index (κ2) is 27.8. The first-order chi connectivity index (χ1) is 11.1. The summed E-state index contributed by atoms with van der Waals surface area (Å²) in [6.45, 7) is 6.20. The number of ketones is 1. The van der Waals surface area contributed by atoms with Gasteiger partial charge in [0, 0.05) is 19.5 Å². The summed E-state index contributed by atoms with van der Waals surface area (Å²) in [6.07, 6.45) is 23.9. The van der Waals surface area contributed by atoms with Crippen LogP contribution in [0.25, 0.3) is 0 Å². The zero-order valence-electron chi connectivity index (χ0n) is 16.6. The number of unbranched alkanes of at least 4 members (excludes halogenated alkanes) is 12. The quantitative estimate of drug-likeness (QED) is 0.182. The molecule has 3 heteroatoms. The fourth-order valence-electron chi connectivity index (χ4n) is 2.39. The van der Waals surface area contributed by atoms with Crippen LogP contribution in [0.1, 0.15) is 111 Å². The molecule has 0 aliphatic carbocycles. The predicted octanol–water partition coefficient (Wildman–Crippen LogP) is 6.58. The van der Waals surface area contributed by atoms with E-state index in [1.807, 2.05) is 0 Å². The molecule has 0 amide bonds. The van der Waals surface area contributed by atoms with E-state index in [1.165, 1.54) is 104 Å². The van der Waals surface area contributed by atoms with Gasteiger partial charge in [0.15, 0.2) is 0 Å². The Hall–Kier alpha value is -0.00662. The van der Waals surface area contributed by atoms with E-state index in [1.54, 1.807) is 0 Å². The first kappa shape index (κ1) is 28.8. The minimum atomic E-state index is 0. The van der Waals surface area contributed by atoms with E-state index in [0.717, 1.165) is 6.54 Å². The maximum atomic E-state index is 9.44. The van der Waals surface area contributed by atoms with Crippen LogP contribution in [0.15, 0.2) is 12.2 Å². The monoisotopic (exact) mass is 428 g/mol. The fourth-order valence-corrected chi connectivity index (χ4v) is 2.39. The van der Waals surface area contributed by atoms with Gasteiger partial charge >= 0.3 is 0 Å². The first-order valence-electron chi connectivity index (χ1n) is 9.97. The van der Waals surface area contributed by atoms with Crippen LogP contribution < -0.4 is 5.73 Å². The summed E-state index contributed by atoms with van der Waals surface area (Å²) in [5, 5.41) is 0. The van der Waals surface area contributed by atoms with Crippen LogP contribution in [-0.4, -0.2) is 12.3 Å². The van der Waals surface area contributed by atoms with Gasteiger partial charge in [0.1, 0.15) is 5.78 Å². The minimum Gasteiger partial charge on any atom is -0.330 e. The maximum absolute atomic E-state index is 9.44. The van der Waals surface area contributed by atoms with Gasteiger partial charge in [-0.1, -0.05) is 76.9 Å². The van der Waals surface area contributed by atoms with Crippen LogP contribution in [0.4, 0.5) is 0 Å². The fraction of sp³-hybridized carbons (Fsp3) is 0.857. The van der Waals surface area contributed by atoms with Crippen LogP contribution in [0.2, 0.25) is 0 Å². The van der Waals surface area contributed by atoms with E-state index >= 15 is 0 Å². The molecule has 0 aromatic carbocycles. The number of carbonyl (C=O) groups is 1. The van der Waals surface area contributed by atoms with Crippen molar-refractivity contribution in [1.82, 2.24) is 0 Å². The molecule has 1 radical (unpaired) electrons. The zero-order chi connectivity index (χ0) is 17.6. The van der Waals surface area contributed by atoms with E-state index < -0.39 is 0 Å². The SMILES string of the molecule is CC(C)=O.CCCCCCCC/C=C\CCCCCCCCN.[Rh]. The number of nitrogens with two attached hydrogens (primary N) is 1. The number of hydrogen-bond acceptors (Lipinski definition) is 2. The molecule has 0 saturated carbocycles. The third-order valence-corrected chi connectivity index (χ3v) is 3.72. The Kier molecular flexibility index (Phi) is 33.4. The molecule has 2 nitrogen and oxygen atoms in total. The molecule has 0 saturated heterocycles. The molecular formula is C21H43NORh. The Balaban J connectivity index is -0.000000787. The second-order valence-corrected chi connectivity index (χ2v) is 6.63. The standard InChI is InChI=1S/C18H37N.C3H6O.Rh/c1-2-3-4-5-6-7-8-9-10-11-12-13-14-15-16-17-18-19;1-3(2)4;/h9-10H,2-8,11-19H2,1H3;1-2H3;/b10-9-;;. The van der Waals surface area contributed by atoms with Crippen molar-refractivity contribution in [1.29, 1.82) is 0 Å². The van der Waals surface area contributed by atoms with E-state index in [2.05, 4.69) is 19.1 Å². The second-order valence-electron chi connectivity index (χ2n) is 6.63. The summed E-state index contributed by atoms with van der Waals surface area (Å²) < 4.78 is 0. The summed E-state index contributed by atoms with van der Waals surface area (Å²) in [4.78, 5) is 9.44. The maximum Gasteiger partial charge on any atom is 0.126 e. The molecule has 0 aromatic heterocycles. The van der Waals surface area contributed by atoms with Crippen molar-refractivity contribution in [3.8, 4) is 0 Å². The van der Waals surface area contributed by atoms with Crippen molar-refractivity contribution >= 4 is 5.78 Å². The summed E-state index contributed by atoms with van der Waals surface area (Å²) in [5.41, 5.74) is 5.47. The summed E-state index contributed by atoms with van der Waals surface area (Å²) >= 11 is 0. The molecule has 0 unspecified atom stereocenters. The Morgan fingerprint density at radius 1 is 0.708 bits per heavy atom. The van der Waals surface area contributed by atoms with E-state index in [0.29, 0.717) is 0 Å². The zero-order valence-corrected chi connectivity index (χ0v) is 18.2. The van der Waals surface area contributed by atoms with Gasteiger partial charge in [0.05, 0.1) is 0 Å². The van der Waals surface area contributed by atoms with Crippen LogP contribution >= 0.6 is 0 Å². The average molecular weight is 428 g/mol. The smallest absolute Gasteiger partial charge is 0.126 e. The Morgan fingerprint density at radius 3 is 1.42 bits per heavy atom. The van der Waals surface area contributed by atoms with E-state index in [4.69, 9.17) is 5.73 Å². The first-order valence-corrected chi connectivity index (χ1v) is 9.97. The third kappa shape index (κ3) is 37.9. The summed E-state index contributed by atoms with van der Waals surface area (Å²) in [5.74, 6) is 0.167. The molecule has 0 rings (SSSR count). The van der Waals surface area contributed by atoms with Crippen molar-refractivity contribution in [2.45, 2.75) is 111 Å². The minimum absolute atomic E-state index is 0. The van der Waals surface area contributed by atoms with Crippen LogP contribution in [0, 0.1) is 0 Å². The van der Waals surface area contributed by atoms with Gasteiger partial charge < -0.3 is 10.5 Å². The van der Waals surface area contributed by atoms with Gasteiger partial charge in [0.25, 0.3) is 0 Å². The van der Waals surface area contributed by atoms with Gasteiger partial charge in [-0.15, -0.1) is 0 Å². The number of Topliss-reactive ketones (excluding diaryl/α,β-unsaturated/α-hetero) is 1. The largest absolute Gasteiger partial charge is 0.330 e. The average Bonchev–Trinajstić information content (AvgIpc) is 2.50. The van der Waals surface area contributed by atoms with E-state index in [-0.39, 0.29) is 25.3 Å². The van der Waals surface area contributed by atoms with Gasteiger partial charge in [0.2, 0.25) is 0 Å². The number of rotatable bonds is 15. The topological polar surface area (TPSA) is 43.1 Å². The molecule has 0 aliphatic heterocycles. The molecule has 0 aromatic rings. The molecule has 0 atom stereocenters. The number of hydrogen-bond donors (Lipinski definition) is 1. The van der Waals surface area contributed by atoms with Crippen molar-refractivity contribution in [3.63, 3.8) is 0 Å². The normalized spacial score (nSPS) is 10.2. The van der Waals surface area contributed by atoms with Crippen molar-refractivity contribution < 1.29 is 24.3 Å². The van der Waals surface area contributed by atoms with Gasteiger partial charge in [-0.25, -0.2) is 0 Å². The predicted molar refractivity (Wildman–Crippen MR) is 105 cm³/mol. The Bertz CT molecular complexity index is 250.